The van der Waals surface area contributed by atoms with Crippen LogP contribution in [0.5, 0.6) is 11.5 Å². The van der Waals surface area contributed by atoms with Crippen molar-refractivity contribution < 1.29 is 24.0 Å². The van der Waals surface area contributed by atoms with Crippen molar-refractivity contribution in [2.24, 2.45) is 0 Å². The number of nitro benzene ring substituents is 1. The Morgan fingerprint density at radius 1 is 1.03 bits per heavy atom. The summed E-state index contributed by atoms with van der Waals surface area (Å²) >= 11 is 5.88. The van der Waals surface area contributed by atoms with E-state index in [0.717, 1.165) is 10.5 Å². The molecule has 0 aromatic heterocycles. The summed E-state index contributed by atoms with van der Waals surface area (Å²) in [6.45, 7) is 0.180. The molecule has 0 bridgehead atoms. The third kappa shape index (κ3) is 4.84. The lowest BCUT2D eigenvalue weighted by Crippen LogP contribution is -2.30. The number of nitrogens with one attached hydrogen (secondary N) is 1. The first kappa shape index (κ1) is 22.8. The average Bonchev–Trinajstić information content (AvgIpc) is 3.11. The van der Waals surface area contributed by atoms with Gasteiger partial charge in [0.15, 0.2) is 11.5 Å². The van der Waals surface area contributed by atoms with Crippen molar-refractivity contribution in [2.45, 2.75) is 6.61 Å². The van der Waals surface area contributed by atoms with Crippen LogP contribution in [0.25, 0.3) is 6.08 Å². The van der Waals surface area contributed by atoms with Crippen LogP contribution in [0, 0.1) is 10.1 Å². The molecule has 0 saturated carbocycles. The highest BCUT2D eigenvalue weighted by molar-refractivity contribution is 6.31. The SMILES string of the molecule is COc1cc(/C=C2/NC(=O)N(c3ccc(Cl)cc3)C2=O)ccc1OCc1ccc([N+](=O)[O-])cc1. The van der Waals surface area contributed by atoms with Gasteiger partial charge in [-0.15, -0.1) is 0 Å². The normalized spacial score (nSPS) is 14.3. The molecule has 1 aliphatic rings. The number of imide groups is 1. The molecule has 0 spiro atoms. The lowest BCUT2D eigenvalue weighted by atomic mass is 10.1. The van der Waals surface area contributed by atoms with Gasteiger partial charge in [-0.3, -0.25) is 14.9 Å². The Hall–Kier alpha value is -4.37. The smallest absolute Gasteiger partial charge is 0.333 e. The van der Waals surface area contributed by atoms with E-state index >= 15 is 0 Å². The fourth-order valence-corrected chi connectivity index (χ4v) is 3.42. The summed E-state index contributed by atoms with van der Waals surface area (Å²) < 4.78 is 11.2. The van der Waals surface area contributed by atoms with E-state index < -0.39 is 16.9 Å². The van der Waals surface area contributed by atoms with E-state index in [2.05, 4.69) is 5.32 Å². The maximum atomic E-state index is 12.8. The number of anilines is 1. The summed E-state index contributed by atoms with van der Waals surface area (Å²) in [7, 11) is 1.48. The number of halogens is 1. The van der Waals surface area contributed by atoms with Gasteiger partial charge in [-0.05, 0) is 65.7 Å². The first-order chi connectivity index (χ1) is 16.4. The number of amides is 3. The summed E-state index contributed by atoms with van der Waals surface area (Å²) in [4.78, 5) is 36.5. The van der Waals surface area contributed by atoms with Crippen LogP contribution in [0.2, 0.25) is 5.02 Å². The molecule has 4 rings (SSSR count). The van der Waals surface area contributed by atoms with Crippen molar-refractivity contribution >= 4 is 41.0 Å². The molecule has 1 heterocycles. The Kier molecular flexibility index (Phi) is 6.46. The molecule has 0 atom stereocenters. The molecular formula is C24H18ClN3O6. The summed E-state index contributed by atoms with van der Waals surface area (Å²) in [5.41, 5.74) is 1.88. The van der Waals surface area contributed by atoms with Crippen molar-refractivity contribution in [2.75, 3.05) is 12.0 Å². The molecular weight excluding hydrogens is 462 g/mol. The van der Waals surface area contributed by atoms with Gasteiger partial charge in [0.2, 0.25) is 0 Å². The fraction of sp³-hybridized carbons (Fsp3) is 0.0833. The van der Waals surface area contributed by atoms with Crippen LogP contribution in [0.1, 0.15) is 11.1 Å². The van der Waals surface area contributed by atoms with Crippen LogP contribution in [0.3, 0.4) is 0 Å². The number of rotatable bonds is 7. The molecule has 1 fully saturated rings. The number of methoxy groups -OCH3 is 1. The second-order valence-electron chi connectivity index (χ2n) is 7.23. The minimum absolute atomic E-state index is 0.00176. The Balaban J connectivity index is 1.49. The predicted octanol–water partition coefficient (Wildman–Crippen LogP) is 4.93. The molecule has 10 heteroatoms. The second kappa shape index (κ2) is 9.63. The highest BCUT2D eigenvalue weighted by Gasteiger charge is 2.34. The van der Waals surface area contributed by atoms with Gasteiger partial charge in [0.1, 0.15) is 12.3 Å². The number of non-ortho nitro benzene ring substituents is 1. The van der Waals surface area contributed by atoms with Gasteiger partial charge < -0.3 is 14.8 Å². The maximum Gasteiger partial charge on any atom is 0.333 e. The lowest BCUT2D eigenvalue weighted by Gasteiger charge is -2.12. The van der Waals surface area contributed by atoms with Crippen molar-refractivity contribution in [3.05, 3.63) is 98.7 Å². The minimum atomic E-state index is -0.561. The lowest BCUT2D eigenvalue weighted by molar-refractivity contribution is -0.384. The summed E-state index contributed by atoms with van der Waals surface area (Å²) in [6, 6.07) is 16.9. The molecule has 172 valence electrons. The number of hydrogen-bond donors (Lipinski definition) is 1. The van der Waals surface area contributed by atoms with Crippen molar-refractivity contribution in [3.8, 4) is 11.5 Å². The maximum absolute atomic E-state index is 12.8. The van der Waals surface area contributed by atoms with Crippen LogP contribution in [0.4, 0.5) is 16.2 Å². The quantitative estimate of drug-likeness (QED) is 0.222. The molecule has 3 aromatic carbocycles. The number of carbonyl (C=O) groups excluding carboxylic acids is 2. The van der Waals surface area contributed by atoms with Gasteiger partial charge in [0.25, 0.3) is 11.6 Å². The van der Waals surface area contributed by atoms with E-state index in [1.165, 1.54) is 19.2 Å². The van der Waals surface area contributed by atoms with Crippen molar-refractivity contribution in [1.82, 2.24) is 5.32 Å². The topological polar surface area (TPSA) is 111 Å². The fourth-order valence-electron chi connectivity index (χ4n) is 3.29. The third-order valence-electron chi connectivity index (χ3n) is 5.00. The zero-order chi connectivity index (χ0) is 24.2. The molecule has 1 saturated heterocycles. The van der Waals surface area contributed by atoms with Crippen LogP contribution in [-0.2, 0) is 11.4 Å². The number of carbonyl (C=O) groups is 2. The second-order valence-corrected chi connectivity index (χ2v) is 7.66. The van der Waals surface area contributed by atoms with Crippen LogP contribution < -0.4 is 19.7 Å². The van der Waals surface area contributed by atoms with Crippen LogP contribution in [0.15, 0.2) is 72.4 Å². The molecule has 0 aliphatic carbocycles. The average molecular weight is 480 g/mol. The van der Waals surface area contributed by atoms with E-state index in [9.17, 15) is 19.7 Å². The first-order valence-electron chi connectivity index (χ1n) is 10.0. The number of nitrogens with zero attached hydrogens (tertiary/aromatic N) is 2. The van der Waals surface area contributed by atoms with Crippen molar-refractivity contribution in [1.29, 1.82) is 0 Å². The molecule has 9 nitrogen and oxygen atoms in total. The molecule has 34 heavy (non-hydrogen) atoms. The van der Waals surface area contributed by atoms with Gasteiger partial charge in [0.05, 0.1) is 17.7 Å². The zero-order valence-corrected chi connectivity index (χ0v) is 18.6. The highest BCUT2D eigenvalue weighted by Crippen LogP contribution is 2.31. The molecule has 3 amide bonds. The largest absolute Gasteiger partial charge is 0.493 e. The van der Waals surface area contributed by atoms with Gasteiger partial charge in [0, 0.05) is 17.2 Å². The standard InChI is InChI=1S/C24H18ClN3O6/c1-33-22-13-16(4-11-21(22)34-14-15-2-7-19(8-3-15)28(31)32)12-20-23(29)27(24(30)26-20)18-9-5-17(25)6-10-18/h2-13H,14H2,1H3,(H,26,30)/b20-12+. The summed E-state index contributed by atoms with van der Waals surface area (Å²) in [5.74, 6) is 0.375. The number of urea groups is 1. The third-order valence-corrected chi connectivity index (χ3v) is 5.26. The first-order valence-corrected chi connectivity index (χ1v) is 10.4. The molecule has 1 N–H and O–H groups in total. The van der Waals surface area contributed by atoms with Crippen LogP contribution >= 0.6 is 11.6 Å². The van der Waals surface area contributed by atoms with E-state index in [0.29, 0.717) is 27.8 Å². The van der Waals surface area contributed by atoms with Crippen molar-refractivity contribution in [3.63, 3.8) is 0 Å². The predicted molar refractivity (Wildman–Crippen MR) is 126 cm³/mol. The molecule has 0 radical (unpaired) electrons. The van der Waals surface area contributed by atoms with E-state index in [4.69, 9.17) is 21.1 Å². The zero-order valence-electron chi connectivity index (χ0n) is 17.9. The monoisotopic (exact) mass is 479 g/mol. The number of hydrogen-bond acceptors (Lipinski definition) is 6. The summed E-state index contributed by atoms with van der Waals surface area (Å²) in [5, 5.41) is 13.8. The number of nitro groups is 1. The Labute approximate surface area is 199 Å². The Morgan fingerprint density at radius 3 is 2.38 bits per heavy atom. The van der Waals surface area contributed by atoms with Gasteiger partial charge >= 0.3 is 6.03 Å². The van der Waals surface area contributed by atoms with E-state index in [1.807, 2.05) is 0 Å². The Bertz CT molecular complexity index is 1290. The molecule has 0 unspecified atom stereocenters. The summed E-state index contributed by atoms with van der Waals surface area (Å²) in [6.07, 6.45) is 1.54. The molecule has 3 aromatic rings. The minimum Gasteiger partial charge on any atom is -0.493 e. The van der Waals surface area contributed by atoms with Crippen LogP contribution in [-0.4, -0.2) is 24.0 Å². The molecule has 1 aliphatic heterocycles. The van der Waals surface area contributed by atoms with Gasteiger partial charge in [-0.2, -0.15) is 0 Å². The van der Waals surface area contributed by atoms with E-state index in [-0.39, 0.29) is 18.0 Å². The highest BCUT2D eigenvalue weighted by atomic mass is 35.5. The van der Waals surface area contributed by atoms with Gasteiger partial charge in [-0.1, -0.05) is 17.7 Å². The number of benzene rings is 3. The van der Waals surface area contributed by atoms with Gasteiger partial charge in [-0.25, -0.2) is 9.69 Å². The van der Waals surface area contributed by atoms with E-state index in [1.54, 1.807) is 60.7 Å². The Morgan fingerprint density at radius 2 is 1.74 bits per heavy atom. The number of ether oxygens (including phenoxy) is 2.